The van der Waals surface area contributed by atoms with Gasteiger partial charge in [0.2, 0.25) is 0 Å². The zero-order chi connectivity index (χ0) is 16.9. The van der Waals surface area contributed by atoms with Crippen molar-refractivity contribution in [3.05, 3.63) is 65.9 Å². The number of rotatable bonds is 6. The molecule has 0 aliphatic heterocycles. The third-order valence-electron chi connectivity index (χ3n) is 3.59. The van der Waals surface area contributed by atoms with Crippen molar-refractivity contribution in [2.45, 2.75) is 6.92 Å². The average Bonchev–Trinajstić information content (AvgIpc) is 3.03. The number of aromatic nitrogens is 1. The second-order valence-electron chi connectivity index (χ2n) is 5.31. The van der Waals surface area contributed by atoms with E-state index in [1.54, 1.807) is 30.3 Å². The molecule has 3 aromatic rings. The molecule has 1 aromatic heterocycles. The highest BCUT2D eigenvalue weighted by molar-refractivity contribution is 5.96. The van der Waals surface area contributed by atoms with E-state index in [9.17, 15) is 9.59 Å². The van der Waals surface area contributed by atoms with E-state index in [-0.39, 0.29) is 19.0 Å². The predicted octanol–water partition coefficient (Wildman–Crippen LogP) is 3.61. The first-order valence-corrected chi connectivity index (χ1v) is 7.63. The minimum atomic E-state index is -0.436. The number of ether oxygens (including phenoxy) is 2. The van der Waals surface area contributed by atoms with E-state index in [4.69, 9.17) is 9.47 Å². The molecular weight excluding hydrogens is 306 g/mol. The Morgan fingerprint density at radius 3 is 2.54 bits per heavy atom. The normalized spacial score (nSPS) is 10.5. The third-order valence-corrected chi connectivity index (χ3v) is 3.59. The van der Waals surface area contributed by atoms with E-state index in [0.717, 1.165) is 10.9 Å². The Bertz CT molecular complexity index is 849. The first-order chi connectivity index (χ1) is 11.6. The number of ketones is 1. The highest BCUT2D eigenvalue weighted by Gasteiger charge is 2.11. The number of benzene rings is 2. The van der Waals surface area contributed by atoms with Gasteiger partial charge in [-0.2, -0.15) is 0 Å². The fraction of sp³-hybridized carbons (Fsp3) is 0.158. The zero-order valence-electron chi connectivity index (χ0n) is 13.2. The molecule has 5 heteroatoms. The lowest BCUT2D eigenvalue weighted by atomic mass is 10.1. The van der Waals surface area contributed by atoms with Crippen LogP contribution in [0.1, 0.15) is 27.8 Å². The fourth-order valence-corrected chi connectivity index (χ4v) is 2.43. The quantitative estimate of drug-likeness (QED) is 0.427. The first-order valence-electron chi connectivity index (χ1n) is 7.63. The van der Waals surface area contributed by atoms with Gasteiger partial charge in [-0.15, -0.1) is 0 Å². The topological polar surface area (TPSA) is 68.4 Å². The molecule has 5 nitrogen and oxygen atoms in total. The van der Waals surface area contributed by atoms with Crippen molar-refractivity contribution in [1.29, 1.82) is 0 Å². The smallest absolute Gasteiger partial charge is 0.354 e. The summed E-state index contributed by atoms with van der Waals surface area (Å²) in [4.78, 5) is 26.6. The number of hydrogen-bond acceptors (Lipinski definition) is 4. The van der Waals surface area contributed by atoms with Crippen molar-refractivity contribution in [1.82, 2.24) is 4.98 Å². The van der Waals surface area contributed by atoms with Gasteiger partial charge in [0.1, 0.15) is 24.7 Å². The maximum absolute atomic E-state index is 12.0. The molecule has 1 heterocycles. The van der Waals surface area contributed by atoms with Crippen molar-refractivity contribution in [3.8, 4) is 5.75 Å². The number of carbonyl (C=O) groups excluding carboxylic acids is 2. The Kier molecular flexibility index (Phi) is 4.61. The molecule has 0 amide bonds. The summed E-state index contributed by atoms with van der Waals surface area (Å²) in [6.45, 7) is 1.76. The van der Waals surface area contributed by atoms with Gasteiger partial charge in [0.15, 0.2) is 5.78 Å². The zero-order valence-corrected chi connectivity index (χ0v) is 13.2. The van der Waals surface area contributed by atoms with Crippen LogP contribution in [-0.2, 0) is 4.74 Å². The number of aromatic amines is 1. The van der Waals surface area contributed by atoms with Crippen LogP contribution >= 0.6 is 0 Å². The van der Waals surface area contributed by atoms with Gasteiger partial charge in [-0.25, -0.2) is 4.79 Å². The molecule has 24 heavy (non-hydrogen) atoms. The number of carbonyl (C=O) groups is 2. The molecule has 0 saturated heterocycles. The van der Waals surface area contributed by atoms with Gasteiger partial charge in [-0.05, 0) is 31.2 Å². The largest absolute Gasteiger partial charge is 0.489 e. The average molecular weight is 323 g/mol. The lowest BCUT2D eigenvalue weighted by Gasteiger charge is -2.09. The van der Waals surface area contributed by atoms with Crippen LogP contribution in [0.2, 0.25) is 0 Å². The molecule has 0 fully saturated rings. The maximum Gasteiger partial charge on any atom is 0.354 e. The number of fused-ring (bicyclic) bond motifs is 1. The highest BCUT2D eigenvalue weighted by atomic mass is 16.6. The van der Waals surface area contributed by atoms with Crippen LogP contribution in [-0.4, -0.2) is 30.0 Å². The van der Waals surface area contributed by atoms with E-state index in [0.29, 0.717) is 17.0 Å². The lowest BCUT2D eigenvalue weighted by molar-refractivity contribution is 0.0443. The standard InChI is InChI=1S/C19H17NO4/c1-13(21)15-7-3-5-9-18(15)23-10-11-24-19(22)17-12-14-6-2-4-8-16(14)20-17/h2-9,12,20H,10-11H2,1H3. The number of hydrogen-bond donors (Lipinski definition) is 1. The fourth-order valence-electron chi connectivity index (χ4n) is 2.43. The van der Waals surface area contributed by atoms with Gasteiger partial charge < -0.3 is 14.5 Å². The van der Waals surface area contributed by atoms with Gasteiger partial charge in [-0.3, -0.25) is 4.79 Å². The number of nitrogens with one attached hydrogen (secondary N) is 1. The third kappa shape index (κ3) is 3.46. The van der Waals surface area contributed by atoms with Gasteiger partial charge >= 0.3 is 5.97 Å². The maximum atomic E-state index is 12.0. The number of para-hydroxylation sites is 2. The summed E-state index contributed by atoms with van der Waals surface area (Å²) in [7, 11) is 0. The van der Waals surface area contributed by atoms with Crippen molar-refractivity contribution in [2.24, 2.45) is 0 Å². The lowest BCUT2D eigenvalue weighted by Crippen LogP contribution is -2.13. The molecule has 0 unspecified atom stereocenters. The van der Waals surface area contributed by atoms with Crippen molar-refractivity contribution < 1.29 is 19.1 Å². The minimum absolute atomic E-state index is 0.0688. The number of Topliss-reactive ketones (excluding diaryl/α,β-unsaturated/α-hetero) is 1. The molecule has 0 atom stereocenters. The summed E-state index contributed by atoms with van der Waals surface area (Å²) < 4.78 is 10.7. The molecule has 0 radical (unpaired) electrons. The summed E-state index contributed by atoms with van der Waals surface area (Å²) in [5.41, 5.74) is 1.80. The van der Waals surface area contributed by atoms with Gasteiger partial charge in [0, 0.05) is 10.9 Å². The molecule has 0 bridgehead atoms. The van der Waals surface area contributed by atoms with E-state index in [2.05, 4.69) is 4.98 Å². The molecule has 2 aromatic carbocycles. The monoisotopic (exact) mass is 323 g/mol. The Morgan fingerprint density at radius 2 is 1.75 bits per heavy atom. The van der Waals surface area contributed by atoms with Gasteiger partial charge in [0.25, 0.3) is 0 Å². The van der Waals surface area contributed by atoms with Crippen LogP contribution in [0.4, 0.5) is 0 Å². The Balaban J connectivity index is 1.55. The van der Waals surface area contributed by atoms with Crippen molar-refractivity contribution in [3.63, 3.8) is 0 Å². The van der Waals surface area contributed by atoms with Crippen molar-refractivity contribution in [2.75, 3.05) is 13.2 Å². The van der Waals surface area contributed by atoms with Crippen LogP contribution < -0.4 is 4.74 Å². The summed E-state index contributed by atoms with van der Waals surface area (Å²) in [5, 5.41) is 0.955. The Labute approximate surface area is 139 Å². The van der Waals surface area contributed by atoms with Crippen LogP contribution in [0.5, 0.6) is 5.75 Å². The SMILES string of the molecule is CC(=O)c1ccccc1OCCOC(=O)c1cc2ccccc2[nH]1. The van der Waals surface area contributed by atoms with Gasteiger partial charge in [-0.1, -0.05) is 30.3 Å². The number of H-pyrrole nitrogens is 1. The highest BCUT2D eigenvalue weighted by Crippen LogP contribution is 2.18. The molecule has 0 spiro atoms. The molecule has 3 rings (SSSR count). The van der Waals surface area contributed by atoms with E-state index >= 15 is 0 Å². The Hall–Kier alpha value is -3.08. The second kappa shape index (κ2) is 7.00. The summed E-state index contributed by atoms with van der Waals surface area (Å²) in [6.07, 6.45) is 0. The molecule has 0 aliphatic carbocycles. The molecular formula is C19H17NO4. The molecule has 0 aliphatic rings. The summed E-state index contributed by atoms with van der Waals surface area (Å²) in [6, 6.07) is 16.4. The van der Waals surface area contributed by atoms with Crippen LogP contribution in [0, 0.1) is 0 Å². The van der Waals surface area contributed by atoms with Crippen LogP contribution in [0.15, 0.2) is 54.6 Å². The molecule has 0 saturated carbocycles. The summed E-state index contributed by atoms with van der Waals surface area (Å²) >= 11 is 0. The summed E-state index contributed by atoms with van der Waals surface area (Å²) in [5.74, 6) is -0.0121. The number of esters is 1. The Morgan fingerprint density at radius 1 is 1.00 bits per heavy atom. The second-order valence-corrected chi connectivity index (χ2v) is 5.31. The van der Waals surface area contributed by atoms with Crippen molar-refractivity contribution >= 4 is 22.7 Å². The van der Waals surface area contributed by atoms with E-state index < -0.39 is 5.97 Å². The van der Waals surface area contributed by atoms with E-state index in [1.807, 2.05) is 24.3 Å². The first kappa shape index (κ1) is 15.8. The molecule has 122 valence electrons. The van der Waals surface area contributed by atoms with Crippen LogP contribution in [0.25, 0.3) is 10.9 Å². The van der Waals surface area contributed by atoms with E-state index in [1.165, 1.54) is 6.92 Å². The predicted molar refractivity (Wildman–Crippen MR) is 90.5 cm³/mol. The van der Waals surface area contributed by atoms with Crippen LogP contribution in [0.3, 0.4) is 0 Å². The molecule has 1 N–H and O–H groups in total. The van der Waals surface area contributed by atoms with Gasteiger partial charge in [0.05, 0.1) is 5.56 Å². The minimum Gasteiger partial charge on any atom is -0.489 e.